The van der Waals surface area contributed by atoms with Crippen molar-refractivity contribution in [3.63, 3.8) is 0 Å². The maximum Gasteiger partial charge on any atom is 0.163 e. The summed E-state index contributed by atoms with van der Waals surface area (Å²) in [5.74, 6) is 2.19. The predicted octanol–water partition coefficient (Wildman–Crippen LogP) is 3.07. The van der Waals surface area contributed by atoms with Gasteiger partial charge in [-0.1, -0.05) is 23.7 Å². The van der Waals surface area contributed by atoms with Crippen molar-refractivity contribution in [3.05, 3.63) is 35.1 Å². The number of anilines is 1. The average molecular weight is 375 g/mol. The lowest BCUT2D eigenvalue weighted by Crippen LogP contribution is -2.47. The number of nitrogens with one attached hydrogen (secondary N) is 1. The van der Waals surface area contributed by atoms with Gasteiger partial charge in [-0.25, -0.2) is 19.3 Å². The van der Waals surface area contributed by atoms with E-state index in [0.717, 1.165) is 43.1 Å². The Bertz CT molecular complexity index is 919. The van der Waals surface area contributed by atoms with Gasteiger partial charge in [-0.3, -0.25) is 4.90 Å². The van der Waals surface area contributed by atoms with Crippen LogP contribution in [0.3, 0.4) is 0 Å². The number of piperazine rings is 1. The van der Waals surface area contributed by atoms with Crippen molar-refractivity contribution >= 4 is 28.6 Å². The van der Waals surface area contributed by atoms with Crippen molar-refractivity contribution < 1.29 is 4.39 Å². The third kappa shape index (κ3) is 3.24. The van der Waals surface area contributed by atoms with Crippen molar-refractivity contribution in [1.29, 1.82) is 0 Å². The minimum atomic E-state index is -0.308. The van der Waals surface area contributed by atoms with Crippen LogP contribution < -0.4 is 4.90 Å². The standard InChI is InChI=1S/C18H20ClFN6/c1-12-21-17-15(23-16(24-17)13-4-2-3-5-14(13)19)18(22-12)26-10-8-25(7-6-20)9-11-26/h2-5H,6-11H2,1H3,(H,21,22,23,24). The van der Waals surface area contributed by atoms with Crippen molar-refractivity contribution in [1.82, 2.24) is 24.8 Å². The molecule has 0 aliphatic carbocycles. The van der Waals surface area contributed by atoms with E-state index >= 15 is 0 Å². The summed E-state index contributed by atoms with van der Waals surface area (Å²) in [6.07, 6.45) is 0. The quantitative estimate of drug-likeness (QED) is 0.760. The minimum absolute atomic E-state index is 0.308. The molecule has 0 spiro atoms. The molecule has 0 radical (unpaired) electrons. The largest absolute Gasteiger partial charge is 0.352 e. The Kier molecular flexibility index (Phi) is 4.74. The fourth-order valence-electron chi connectivity index (χ4n) is 3.30. The minimum Gasteiger partial charge on any atom is -0.352 e. The maximum absolute atomic E-state index is 12.6. The molecule has 0 saturated carbocycles. The molecule has 8 heteroatoms. The first-order chi connectivity index (χ1) is 12.7. The molecule has 136 valence electrons. The van der Waals surface area contributed by atoms with Crippen LogP contribution in [0.25, 0.3) is 22.6 Å². The van der Waals surface area contributed by atoms with Crippen LogP contribution in [-0.2, 0) is 0 Å². The van der Waals surface area contributed by atoms with E-state index in [2.05, 4.69) is 24.8 Å². The molecule has 0 bridgehead atoms. The zero-order valence-electron chi connectivity index (χ0n) is 14.5. The molecule has 1 aliphatic rings. The molecular weight excluding hydrogens is 355 g/mol. The molecule has 1 fully saturated rings. The molecule has 1 N–H and O–H groups in total. The summed E-state index contributed by atoms with van der Waals surface area (Å²) in [5.41, 5.74) is 2.28. The zero-order valence-corrected chi connectivity index (χ0v) is 15.3. The number of fused-ring (bicyclic) bond motifs is 1. The summed E-state index contributed by atoms with van der Waals surface area (Å²) in [5, 5.41) is 0.637. The number of aromatic amines is 1. The van der Waals surface area contributed by atoms with E-state index < -0.39 is 0 Å². The Labute approximate surface area is 156 Å². The van der Waals surface area contributed by atoms with E-state index in [9.17, 15) is 4.39 Å². The van der Waals surface area contributed by atoms with Gasteiger partial charge in [-0.2, -0.15) is 0 Å². The summed E-state index contributed by atoms with van der Waals surface area (Å²) in [6.45, 7) is 5.27. The second-order valence-corrected chi connectivity index (χ2v) is 6.78. The monoisotopic (exact) mass is 374 g/mol. The van der Waals surface area contributed by atoms with E-state index in [1.807, 2.05) is 31.2 Å². The highest BCUT2D eigenvalue weighted by Gasteiger charge is 2.22. The summed E-state index contributed by atoms with van der Waals surface area (Å²) >= 11 is 6.31. The molecule has 1 aliphatic heterocycles. The number of halogens is 2. The molecule has 3 heterocycles. The fraction of sp³-hybridized carbons (Fsp3) is 0.389. The van der Waals surface area contributed by atoms with Crippen molar-refractivity contribution in [2.24, 2.45) is 0 Å². The number of aromatic nitrogens is 4. The number of alkyl halides is 1. The lowest BCUT2D eigenvalue weighted by Gasteiger charge is -2.34. The summed E-state index contributed by atoms with van der Waals surface area (Å²) in [4.78, 5) is 21.5. The predicted molar refractivity (Wildman–Crippen MR) is 101 cm³/mol. The SMILES string of the molecule is Cc1nc(N2CCN(CCF)CC2)c2nc(-c3ccccc3Cl)[nH]c2n1. The Morgan fingerprint density at radius 1 is 1.12 bits per heavy atom. The Hall–Kier alpha value is -2.25. The van der Waals surface area contributed by atoms with Gasteiger partial charge in [-0.05, 0) is 19.1 Å². The van der Waals surface area contributed by atoms with Gasteiger partial charge in [0.2, 0.25) is 0 Å². The van der Waals surface area contributed by atoms with E-state index in [0.29, 0.717) is 28.9 Å². The van der Waals surface area contributed by atoms with Gasteiger partial charge in [0.25, 0.3) is 0 Å². The van der Waals surface area contributed by atoms with Gasteiger partial charge in [0, 0.05) is 38.3 Å². The molecule has 1 aromatic carbocycles. The van der Waals surface area contributed by atoms with E-state index in [4.69, 9.17) is 16.6 Å². The normalized spacial score (nSPS) is 15.7. The Balaban J connectivity index is 1.71. The second kappa shape index (κ2) is 7.17. The van der Waals surface area contributed by atoms with Crippen molar-refractivity contribution in [2.45, 2.75) is 6.92 Å². The van der Waals surface area contributed by atoms with Crippen LogP contribution in [0.5, 0.6) is 0 Å². The number of hydrogen-bond donors (Lipinski definition) is 1. The molecule has 6 nitrogen and oxygen atoms in total. The number of aryl methyl sites for hydroxylation is 1. The van der Waals surface area contributed by atoms with Crippen molar-refractivity contribution in [2.75, 3.05) is 44.3 Å². The Morgan fingerprint density at radius 2 is 1.88 bits per heavy atom. The number of nitrogens with zero attached hydrogens (tertiary/aromatic N) is 5. The average Bonchev–Trinajstić information content (AvgIpc) is 3.06. The third-order valence-electron chi connectivity index (χ3n) is 4.64. The topological polar surface area (TPSA) is 60.9 Å². The van der Waals surface area contributed by atoms with Gasteiger partial charge in [0.15, 0.2) is 17.0 Å². The van der Waals surface area contributed by atoms with E-state index in [1.54, 1.807) is 0 Å². The molecule has 1 saturated heterocycles. The molecule has 0 unspecified atom stereocenters. The second-order valence-electron chi connectivity index (χ2n) is 6.37. The first-order valence-electron chi connectivity index (χ1n) is 8.68. The first kappa shape index (κ1) is 17.2. The van der Waals surface area contributed by atoms with Gasteiger partial charge >= 0.3 is 0 Å². The van der Waals surface area contributed by atoms with Gasteiger partial charge in [-0.15, -0.1) is 0 Å². The summed E-state index contributed by atoms with van der Waals surface area (Å²) in [6, 6.07) is 7.58. The molecule has 2 aromatic heterocycles. The zero-order chi connectivity index (χ0) is 18.1. The van der Waals surface area contributed by atoms with Gasteiger partial charge in [0.1, 0.15) is 18.3 Å². The van der Waals surface area contributed by atoms with E-state index in [1.165, 1.54) is 0 Å². The van der Waals surface area contributed by atoms with Crippen LogP contribution in [-0.4, -0.2) is 64.2 Å². The molecule has 3 aromatic rings. The van der Waals surface area contributed by atoms with Crippen LogP contribution in [0.2, 0.25) is 5.02 Å². The number of hydrogen-bond acceptors (Lipinski definition) is 5. The molecule has 0 atom stereocenters. The lowest BCUT2D eigenvalue weighted by atomic mass is 10.2. The highest BCUT2D eigenvalue weighted by molar-refractivity contribution is 6.33. The lowest BCUT2D eigenvalue weighted by molar-refractivity contribution is 0.235. The molecular formula is C18H20ClFN6. The molecule has 26 heavy (non-hydrogen) atoms. The number of benzene rings is 1. The third-order valence-corrected chi connectivity index (χ3v) is 4.97. The molecule has 4 rings (SSSR count). The van der Waals surface area contributed by atoms with Crippen LogP contribution >= 0.6 is 11.6 Å². The van der Waals surface area contributed by atoms with E-state index in [-0.39, 0.29) is 6.67 Å². The van der Waals surface area contributed by atoms with Gasteiger partial charge in [0.05, 0.1) is 5.02 Å². The number of H-pyrrole nitrogens is 1. The summed E-state index contributed by atoms with van der Waals surface area (Å²) < 4.78 is 12.6. The maximum atomic E-state index is 12.6. The first-order valence-corrected chi connectivity index (χ1v) is 9.06. The number of imidazole rings is 1. The van der Waals surface area contributed by atoms with Crippen LogP contribution in [0.4, 0.5) is 10.2 Å². The highest BCUT2D eigenvalue weighted by Crippen LogP contribution is 2.30. The number of rotatable bonds is 4. The van der Waals surface area contributed by atoms with Crippen LogP contribution in [0.15, 0.2) is 24.3 Å². The Morgan fingerprint density at radius 3 is 2.62 bits per heavy atom. The molecule has 0 amide bonds. The van der Waals surface area contributed by atoms with Gasteiger partial charge < -0.3 is 9.88 Å². The fourth-order valence-corrected chi connectivity index (χ4v) is 3.52. The van der Waals surface area contributed by atoms with Crippen LogP contribution in [0.1, 0.15) is 5.82 Å². The van der Waals surface area contributed by atoms with Crippen molar-refractivity contribution in [3.8, 4) is 11.4 Å². The van der Waals surface area contributed by atoms with Crippen LogP contribution in [0, 0.1) is 6.92 Å². The smallest absolute Gasteiger partial charge is 0.163 e. The highest BCUT2D eigenvalue weighted by atomic mass is 35.5. The summed E-state index contributed by atoms with van der Waals surface area (Å²) in [7, 11) is 0.